The summed E-state index contributed by atoms with van der Waals surface area (Å²) in [5.41, 5.74) is 1.49. The highest BCUT2D eigenvalue weighted by molar-refractivity contribution is 7.08. The van der Waals surface area contributed by atoms with Crippen LogP contribution in [0, 0.1) is 0 Å². The van der Waals surface area contributed by atoms with Crippen molar-refractivity contribution < 1.29 is 14.3 Å². The van der Waals surface area contributed by atoms with E-state index in [1.807, 2.05) is 12.3 Å². The smallest absolute Gasteiger partial charge is 0.256 e. The molecule has 0 bridgehead atoms. The molecule has 1 aromatic heterocycles. The Kier molecular flexibility index (Phi) is 5.68. The van der Waals surface area contributed by atoms with Gasteiger partial charge in [0, 0.05) is 18.5 Å². The van der Waals surface area contributed by atoms with E-state index in [0.717, 1.165) is 0 Å². The van der Waals surface area contributed by atoms with Gasteiger partial charge in [0.25, 0.3) is 11.8 Å². The number of carbonyl (C=O) groups is 2. The Morgan fingerprint density at radius 2 is 2.00 bits per heavy atom. The summed E-state index contributed by atoms with van der Waals surface area (Å²) >= 11 is 1.45. The lowest BCUT2D eigenvalue weighted by molar-refractivity contribution is 0.0906. The number of para-hydroxylation sites is 1. The van der Waals surface area contributed by atoms with Crippen molar-refractivity contribution in [3.8, 4) is 0 Å². The van der Waals surface area contributed by atoms with Crippen molar-refractivity contribution in [2.24, 2.45) is 0 Å². The van der Waals surface area contributed by atoms with Crippen LogP contribution in [0.5, 0.6) is 0 Å². The predicted octanol–water partition coefficient (Wildman–Crippen LogP) is 2.77. The van der Waals surface area contributed by atoms with Gasteiger partial charge in [-0.15, -0.1) is 0 Å². The molecule has 1 unspecified atom stereocenters. The molecule has 116 valence electrons. The zero-order valence-corrected chi connectivity index (χ0v) is 13.3. The summed E-state index contributed by atoms with van der Waals surface area (Å²) in [6.07, 6.45) is 0. The van der Waals surface area contributed by atoms with E-state index in [2.05, 4.69) is 10.6 Å². The van der Waals surface area contributed by atoms with Crippen LogP contribution in [0.3, 0.4) is 0 Å². The first-order chi connectivity index (χ1) is 10.6. The van der Waals surface area contributed by atoms with Crippen molar-refractivity contribution in [1.29, 1.82) is 0 Å². The van der Waals surface area contributed by atoms with Gasteiger partial charge in [-0.3, -0.25) is 9.59 Å². The SMILES string of the molecule is COCC(C)NC(=O)c1ccccc1NC(=O)c1ccsc1. The molecule has 22 heavy (non-hydrogen) atoms. The van der Waals surface area contributed by atoms with Gasteiger partial charge in [0.05, 0.1) is 23.4 Å². The third kappa shape index (κ3) is 4.16. The molecule has 1 heterocycles. The number of hydrogen-bond acceptors (Lipinski definition) is 4. The van der Waals surface area contributed by atoms with E-state index in [-0.39, 0.29) is 17.9 Å². The van der Waals surface area contributed by atoms with Crippen molar-refractivity contribution in [2.45, 2.75) is 13.0 Å². The van der Waals surface area contributed by atoms with Gasteiger partial charge < -0.3 is 15.4 Å². The van der Waals surface area contributed by atoms with Crippen molar-refractivity contribution in [2.75, 3.05) is 19.0 Å². The van der Waals surface area contributed by atoms with Crippen molar-refractivity contribution in [3.63, 3.8) is 0 Å². The monoisotopic (exact) mass is 318 g/mol. The number of hydrogen-bond donors (Lipinski definition) is 2. The average molecular weight is 318 g/mol. The number of amides is 2. The molecule has 2 rings (SSSR count). The standard InChI is InChI=1S/C16H18N2O3S/c1-11(9-21-2)17-16(20)13-5-3-4-6-14(13)18-15(19)12-7-8-22-10-12/h3-8,10-11H,9H2,1-2H3,(H,17,20)(H,18,19). The molecule has 1 atom stereocenters. The van der Waals surface area contributed by atoms with Crippen LogP contribution in [-0.2, 0) is 4.74 Å². The van der Waals surface area contributed by atoms with Crippen molar-refractivity contribution in [1.82, 2.24) is 5.32 Å². The first kappa shape index (κ1) is 16.2. The van der Waals surface area contributed by atoms with Gasteiger partial charge in [-0.1, -0.05) is 12.1 Å². The lowest BCUT2D eigenvalue weighted by Gasteiger charge is -2.15. The number of nitrogens with one attached hydrogen (secondary N) is 2. The normalized spacial score (nSPS) is 11.7. The van der Waals surface area contributed by atoms with Crippen molar-refractivity contribution in [3.05, 3.63) is 52.2 Å². The number of carbonyl (C=O) groups excluding carboxylic acids is 2. The molecule has 0 saturated carbocycles. The zero-order chi connectivity index (χ0) is 15.9. The van der Waals surface area contributed by atoms with Gasteiger partial charge in [0.15, 0.2) is 0 Å². The van der Waals surface area contributed by atoms with E-state index in [1.165, 1.54) is 11.3 Å². The van der Waals surface area contributed by atoms with E-state index >= 15 is 0 Å². The van der Waals surface area contributed by atoms with Crippen LogP contribution in [0.1, 0.15) is 27.6 Å². The number of ether oxygens (including phenoxy) is 1. The van der Waals surface area contributed by atoms with Crippen LogP contribution >= 0.6 is 11.3 Å². The third-order valence-electron chi connectivity index (χ3n) is 3.00. The molecule has 6 heteroatoms. The second kappa shape index (κ2) is 7.72. The second-order valence-corrected chi connectivity index (χ2v) is 5.62. The van der Waals surface area contributed by atoms with E-state index in [0.29, 0.717) is 23.4 Å². The fraction of sp³-hybridized carbons (Fsp3) is 0.250. The largest absolute Gasteiger partial charge is 0.383 e. The Morgan fingerprint density at radius 1 is 1.23 bits per heavy atom. The topological polar surface area (TPSA) is 67.4 Å². The number of rotatable bonds is 6. The van der Waals surface area contributed by atoms with Gasteiger partial charge in [-0.2, -0.15) is 11.3 Å². The van der Waals surface area contributed by atoms with E-state index in [4.69, 9.17) is 4.74 Å². The molecule has 1 aromatic carbocycles. The van der Waals surface area contributed by atoms with Crippen LogP contribution in [0.2, 0.25) is 0 Å². The first-order valence-corrected chi connectivity index (χ1v) is 7.78. The number of methoxy groups -OCH3 is 1. The van der Waals surface area contributed by atoms with Crippen LogP contribution in [-0.4, -0.2) is 31.6 Å². The zero-order valence-electron chi connectivity index (χ0n) is 12.5. The van der Waals surface area contributed by atoms with Crippen LogP contribution in [0.15, 0.2) is 41.1 Å². The lowest BCUT2D eigenvalue weighted by atomic mass is 10.1. The molecule has 0 saturated heterocycles. The summed E-state index contributed by atoms with van der Waals surface area (Å²) < 4.78 is 5.00. The Labute approximate surface area is 133 Å². The Balaban J connectivity index is 2.12. The van der Waals surface area contributed by atoms with E-state index < -0.39 is 0 Å². The molecule has 2 amide bonds. The quantitative estimate of drug-likeness (QED) is 0.860. The van der Waals surface area contributed by atoms with Gasteiger partial charge in [0.1, 0.15) is 0 Å². The second-order valence-electron chi connectivity index (χ2n) is 4.84. The molecule has 0 spiro atoms. The Bertz CT molecular complexity index is 641. The number of benzene rings is 1. The summed E-state index contributed by atoms with van der Waals surface area (Å²) in [7, 11) is 1.58. The number of anilines is 1. The predicted molar refractivity (Wildman–Crippen MR) is 87.5 cm³/mol. The molecule has 0 radical (unpaired) electrons. The third-order valence-corrected chi connectivity index (χ3v) is 3.68. The maximum absolute atomic E-state index is 12.3. The molecule has 0 aliphatic rings. The molecular formula is C16H18N2O3S. The minimum Gasteiger partial charge on any atom is -0.383 e. The van der Waals surface area contributed by atoms with Gasteiger partial charge >= 0.3 is 0 Å². The average Bonchev–Trinajstić information content (AvgIpc) is 3.02. The number of thiophene rings is 1. The van der Waals surface area contributed by atoms with Gasteiger partial charge in [-0.25, -0.2) is 0 Å². The molecule has 2 aromatic rings. The van der Waals surface area contributed by atoms with Crippen LogP contribution in [0.25, 0.3) is 0 Å². The fourth-order valence-electron chi connectivity index (χ4n) is 1.97. The molecule has 0 fully saturated rings. The highest BCUT2D eigenvalue weighted by atomic mass is 32.1. The fourth-order valence-corrected chi connectivity index (χ4v) is 2.61. The van der Waals surface area contributed by atoms with Crippen molar-refractivity contribution >= 4 is 28.8 Å². The van der Waals surface area contributed by atoms with Gasteiger partial charge in [0.2, 0.25) is 0 Å². The molecule has 0 aliphatic heterocycles. The molecule has 0 aliphatic carbocycles. The molecule has 5 nitrogen and oxygen atoms in total. The highest BCUT2D eigenvalue weighted by Gasteiger charge is 2.15. The first-order valence-electron chi connectivity index (χ1n) is 6.84. The van der Waals surface area contributed by atoms with Crippen LogP contribution in [0.4, 0.5) is 5.69 Å². The van der Waals surface area contributed by atoms with Crippen LogP contribution < -0.4 is 10.6 Å². The summed E-state index contributed by atoms with van der Waals surface area (Å²) in [4.78, 5) is 24.4. The Morgan fingerprint density at radius 3 is 2.68 bits per heavy atom. The van der Waals surface area contributed by atoms with Gasteiger partial charge in [-0.05, 0) is 30.5 Å². The minimum absolute atomic E-state index is 0.113. The Hall–Kier alpha value is -2.18. The van der Waals surface area contributed by atoms with E-state index in [1.54, 1.807) is 42.8 Å². The summed E-state index contributed by atoms with van der Waals surface area (Å²) in [5.74, 6) is -0.475. The van der Waals surface area contributed by atoms with E-state index in [9.17, 15) is 9.59 Å². The maximum Gasteiger partial charge on any atom is 0.256 e. The maximum atomic E-state index is 12.3. The highest BCUT2D eigenvalue weighted by Crippen LogP contribution is 2.17. The summed E-state index contributed by atoms with van der Waals surface area (Å²) in [5, 5.41) is 9.20. The lowest BCUT2D eigenvalue weighted by Crippen LogP contribution is -2.36. The summed E-state index contributed by atoms with van der Waals surface area (Å²) in [6.45, 7) is 2.28. The summed E-state index contributed by atoms with van der Waals surface area (Å²) in [6, 6.07) is 8.55. The molecule has 2 N–H and O–H groups in total. The minimum atomic E-state index is -0.245. The molecular weight excluding hydrogens is 300 g/mol.